The molecule has 0 radical (unpaired) electrons. The molecule has 21 heavy (non-hydrogen) atoms. The molecular formula is C13H16Br2N2O4. The van der Waals surface area contributed by atoms with Gasteiger partial charge in [-0.05, 0) is 18.6 Å². The van der Waals surface area contributed by atoms with Crippen molar-refractivity contribution in [3.8, 4) is 5.75 Å². The summed E-state index contributed by atoms with van der Waals surface area (Å²) in [5, 5.41) is 15.0. The predicted octanol–water partition coefficient (Wildman–Crippen LogP) is 3.27. The molecule has 0 aliphatic carbocycles. The summed E-state index contributed by atoms with van der Waals surface area (Å²) >= 11 is 6.76. The number of methoxy groups -OCH3 is 1. The van der Waals surface area contributed by atoms with Gasteiger partial charge in [-0.15, -0.1) is 0 Å². The molecule has 1 aromatic rings. The fourth-order valence-electron chi connectivity index (χ4n) is 1.67. The highest BCUT2D eigenvalue weighted by atomic mass is 79.9. The summed E-state index contributed by atoms with van der Waals surface area (Å²) in [5.74, 6) is -0.235. The number of nitrogens with one attached hydrogen (secondary N) is 1. The number of carbonyl (C=O) groups excluding carboxylic acids is 1. The number of alkyl halides is 2. The zero-order chi connectivity index (χ0) is 16.0. The van der Waals surface area contributed by atoms with Crippen LogP contribution in [-0.4, -0.2) is 34.1 Å². The Bertz CT molecular complexity index is 525. The van der Waals surface area contributed by atoms with Gasteiger partial charge in [0.05, 0.1) is 17.6 Å². The predicted molar refractivity (Wildman–Crippen MR) is 87.7 cm³/mol. The summed E-state index contributed by atoms with van der Waals surface area (Å²) in [6, 6.07) is 4.14. The summed E-state index contributed by atoms with van der Waals surface area (Å²) in [6.45, 7) is 1.96. The van der Waals surface area contributed by atoms with E-state index in [-0.39, 0.29) is 22.9 Å². The van der Waals surface area contributed by atoms with Gasteiger partial charge < -0.3 is 10.1 Å². The van der Waals surface area contributed by atoms with E-state index in [1.54, 1.807) is 0 Å². The number of carbonyl (C=O) groups is 1. The van der Waals surface area contributed by atoms with E-state index in [2.05, 4.69) is 37.2 Å². The zero-order valence-corrected chi connectivity index (χ0v) is 14.9. The van der Waals surface area contributed by atoms with Crippen LogP contribution in [-0.2, 0) is 0 Å². The minimum absolute atomic E-state index is 0.124. The molecule has 6 nitrogen and oxygen atoms in total. The average Bonchev–Trinajstić information content (AvgIpc) is 2.51. The van der Waals surface area contributed by atoms with E-state index in [0.717, 1.165) is 0 Å². The lowest BCUT2D eigenvalue weighted by molar-refractivity contribution is -0.385. The number of nitro benzene ring substituents is 1. The Morgan fingerprint density at radius 2 is 2.05 bits per heavy atom. The van der Waals surface area contributed by atoms with Gasteiger partial charge in [0.2, 0.25) is 0 Å². The number of hydrogen-bond acceptors (Lipinski definition) is 4. The zero-order valence-electron chi connectivity index (χ0n) is 11.7. The molecular weight excluding hydrogens is 408 g/mol. The monoisotopic (exact) mass is 422 g/mol. The Hall–Kier alpha value is -1.15. The quantitative estimate of drug-likeness (QED) is 0.414. The van der Waals surface area contributed by atoms with Gasteiger partial charge in [-0.2, -0.15) is 0 Å². The van der Waals surface area contributed by atoms with Crippen LogP contribution in [0.2, 0.25) is 0 Å². The smallest absolute Gasteiger partial charge is 0.311 e. The van der Waals surface area contributed by atoms with Crippen molar-refractivity contribution >= 4 is 43.5 Å². The van der Waals surface area contributed by atoms with Crippen LogP contribution in [0.15, 0.2) is 18.2 Å². The highest BCUT2D eigenvalue weighted by molar-refractivity contribution is 9.09. The first-order chi connectivity index (χ1) is 9.92. The molecule has 0 aliphatic rings. The van der Waals surface area contributed by atoms with Crippen LogP contribution in [0.3, 0.4) is 0 Å². The summed E-state index contributed by atoms with van der Waals surface area (Å²) < 4.78 is 4.92. The van der Waals surface area contributed by atoms with Gasteiger partial charge in [-0.25, -0.2) is 0 Å². The number of halogens is 2. The number of rotatable bonds is 7. The molecule has 116 valence electrons. The van der Waals surface area contributed by atoms with Gasteiger partial charge in [0.15, 0.2) is 5.75 Å². The van der Waals surface area contributed by atoms with Crippen molar-refractivity contribution in [1.29, 1.82) is 0 Å². The molecule has 1 rings (SSSR count). The molecule has 0 aliphatic heterocycles. The largest absolute Gasteiger partial charge is 0.490 e. The minimum atomic E-state index is -0.572. The van der Waals surface area contributed by atoms with Crippen molar-refractivity contribution in [3.05, 3.63) is 33.9 Å². The van der Waals surface area contributed by atoms with E-state index in [4.69, 9.17) is 4.74 Å². The van der Waals surface area contributed by atoms with Crippen molar-refractivity contribution in [1.82, 2.24) is 5.32 Å². The number of nitro groups is 1. The number of benzene rings is 1. The molecule has 0 fully saturated rings. The van der Waals surface area contributed by atoms with Gasteiger partial charge in [0.1, 0.15) is 0 Å². The molecule has 0 unspecified atom stereocenters. The van der Waals surface area contributed by atoms with Crippen LogP contribution in [0.25, 0.3) is 0 Å². The Morgan fingerprint density at radius 3 is 2.48 bits per heavy atom. The third-order valence-corrected chi connectivity index (χ3v) is 5.35. The van der Waals surface area contributed by atoms with Crippen molar-refractivity contribution in [2.24, 2.45) is 0 Å². The molecule has 0 spiro atoms. The second-order valence-electron chi connectivity index (χ2n) is 4.50. The Morgan fingerprint density at radius 1 is 1.43 bits per heavy atom. The second-order valence-corrected chi connectivity index (χ2v) is 5.62. The lowest BCUT2D eigenvalue weighted by Gasteiger charge is -2.30. The Kier molecular flexibility index (Phi) is 6.60. The lowest BCUT2D eigenvalue weighted by Crippen LogP contribution is -2.51. The van der Waals surface area contributed by atoms with Crippen molar-refractivity contribution in [3.63, 3.8) is 0 Å². The molecule has 1 amide bonds. The van der Waals surface area contributed by atoms with Crippen LogP contribution in [0, 0.1) is 10.1 Å². The van der Waals surface area contributed by atoms with Crippen LogP contribution >= 0.6 is 31.9 Å². The van der Waals surface area contributed by atoms with E-state index in [1.807, 2.05) is 6.92 Å². The molecule has 0 saturated heterocycles. The highest BCUT2D eigenvalue weighted by Crippen LogP contribution is 2.28. The standard InChI is InChI=1S/C13H16Br2N2O4/c1-3-13(7-14,8-15)16-12(18)9-4-5-11(21-2)10(6-9)17(19)20/h4-6H,3,7-8H2,1-2H3,(H,16,18). The van der Waals surface area contributed by atoms with E-state index >= 15 is 0 Å². The molecule has 8 heteroatoms. The maximum Gasteiger partial charge on any atom is 0.311 e. The topological polar surface area (TPSA) is 81.5 Å². The van der Waals surface area contributed by atoms with E-state index in [1.165, 1.54) is 25.3 Å². The van der Waals surface area contributed by atoms with E-state index in [9.17, 15) is 14.9 Å². The summed E-state index contributed by atoms with van der Waals surface area (Å²) in [6.07, 6.45) is 0.716. The van der Waals surface area contributed by atoms with Crippen molar-refractivity contribution in [2.45, 2.75) is 18.9 Å². The Labute approximate surface area is 139 Å². The molecule has 0 aromatic heterocycles. The normalized spacial score (nSPS) is 11.0. The third-order valence-electron chi connectivity index (χ3n) is 3.20. The lowest BCUT2D eigenvalue weighted by atomic mass is 10.0. The average molecular weight is 424 g/mol. The molecule has 1 aromatic carbocycles. The first-order valence-corrected chi connectivity index (χ1v) is 8.44. The third kappa shape index (κ3) is 4.16. The summed E-state index contributed by atoms with van der Waals surface area (Å²) in [7, 11) is 1.35. The number of nitrogens with zero attached hydrogens (tertiary/aromatic N) is 1. The van der Waals surface area contributed by atoms with Crippen LogP contribution < -0.4 is 10.1 Å². The van der Waals surface area contributed by atoms with E-state index < -0.39 is 10.5 Å². The number of amides is 1. The molecule has 0 heterocycles. The summed E-state index contributed by atoms with van der Waals surface area (Å²) in [4.78, 5) is 22.7. The Balaban J connectivity index is 3.08. The maximum absolute atomic E-state index is 12.3. The number of hydrogen-bond donors (Lipinski definition) is 1. The first kappa shape index (κ1) is 17.9. The molecule has 1 N–H and O–H groups in total. The highest BCUT2D eigenvalue weighted by Gasteiger charge is 2.29. The van der Waals surface area contributed by atoms with Crippen molar-refractivity contribution in [2.75, 3.05) is 17.8 Å². The van der Waals surface area contributed by atoms with Crippen molar-refractivity contribution < 1.29 is 14.5 Å². The van der Waals surface area contributed by atoms with Crippen LogP contribution in [0.5, 0.6) is 5.75 Å². The molecule has 0 atom stereocenters. The minimum Gasteiger partial charge on any atom is -0.490 e. The van der Waals surface area contributed by atoms with Crippen LogP contribution in [0.1, 0.15) is 23.7 Å². The van der Waals surface area contributed by atoms with Gasteiger partial charge in [-0.3, -0.25) is 14.9 Å². The number of ether oxygens (including phenoxy) is 1. The SMILES string of the molecule is CCC(CBr)(CBr)NC(=O)c1ccc(OC)c([N+](=O)[O-])c1. The van der Waals surface area contributed by atoms with Gasteiger partial charge in [-0.1, -0.05) is 38.8 Å². The molecule has 0 bridgehead atoms. The summed E-state index contributed by atoms with van der Waals surface area (Å²) in [5.41, 5.74) is -0.446. The van der Waals surface area contributed by atoms with Crippen LogP contribution in [0.4, 0.5) is 5.69 Å². The van der Waals surface area contributed by atoms with Gasteiger partial charge >= 0.3 is 5.69 Å². The van der Waals surface area contributed by atoms with Gasteiger partial charge in [0.25, 0.3) is 5.91 Å². The fourth-order valence-corrected chi connectivity index (χ4v) is 3.67. The first-order valence-electron chi connectivity index (χ1n) is 6.20. The maximum atomic E-state index is 12.3. The van der Waals surface area contributed by atoms with Gasteiger partial charge in [0, 0.05) is 22.3 Å². The second kappa shape index (κ2) is 7.74. The molecule has 0 saturated carbocycles. The van der Waals surface area contributed by atoms with E-state index in [0.29, 0.717) is 17.1 Å². The fraction of sp³-hybridized carbons (Fsp3) is 0.462.